The highest BCUT2D eigenvalue weighted by Gasteiger charge is 2.17. The number of pyridine rings is 1. The van der Waals surface area contributed by atoms with E-state index in [2.05, 4.69) is 31.2 Å². The predicted octanol–water partition coefficient (Wildman–Crippen LogP) is 0.626. The molecule has 1 saturated heterocycles. The molecule has 2 aromatic rings. The number of fused-ring (bicyclic) bond motifs is 1. The summed E-state index contributed by atoms with van der Waals surface area (Å²) in [5.41, 5.74) is 1.54. The lowest BCUT2D eigenvalue weighted by Crippen LogP contribution is -2.47. The zero-order valence-corrected chi connectivity index (χ0v) is 11.9. The third kappa shape index (κ3) is 2.62. The van der Waals surface area contributed by atoms with E-state index in [4.69, 9.17) is 0 Å². The van der Waals surface area contributed by atoms with E-state index in [0.29, 0.717) is 6.54 Å². The van der Waals surface area contributed by atoms with Gasteiger partial charge in [-0.15, -0.1) is 0 Å². The van der Waals surface area contributed by atoms with Crippen molar-refractivity contribution in [2.24, 2.45) is 0 Å². The van der Waals surface area contributed by atoms with Gasteiger partial charge in [-0.05, 0) is 22.0 Å². The van der Waals surface area contributed by atoms with Gasteiger partial charge in [-0.3, -0.25) is 4.79 Å². The van der Waals surface area contributed by atoms with Crippen LogP contribution in [0.3, 0.4) is 0 Å². The first-order valence-electron chi connectivity index (χ1n) is 6.19. The van der Waals surface area contributed by atoms with Crippen molar-refractivity contribution >= 4 is 33.0 Å². The van der Waals surface area contributed by atoms with E-state index in [1.165, 1.54) is 0 Å². The molecule has 2 aromatic heterocycles. The Morgan fingerprint density at radius 2 is 2.16 bits per heavy atom. The number of halogens is 1. The summed E-state index contributed by atoms with van der Waals surface area (Å²) < 4.78 is 2.69. The SMILES string of the molecule is O=C(Cn1cnc2cc(Br)cnc21)N1CCNCC1. The largest absolute Gasteiger partial charge is 0.339 e. The van der Waals surface area contributed by atoms with Gasteiger partial charge in [-0.2, -0.15) is 0 Å². The fourth-order valence-electron chi connectivity index (χ4n) is 2.20. The number of aromatic nitrogens is 3. The molecule has 0 radical (unpaired) electrons. The summed E-state index contributed by atoms with van der Waals surface area (Å²) in [5.74, 6) is 0.116. The van der Waals surface area contributed by atoms with Gasteiger partial charge in [-0.25, -0.2) is 9.97 Å². The molecule has 0 atom stereocenters. The molecule has 1 amide bonds. The summed E-state index contributed by atoms with van der Waals surface area (Å²) in [6, 6.07) is 1.90. The maximum absolute atomic E-state index is 12.2. The second-order valence-corrected chi connectivity index (χ2v) is 5.42. The fourth-order valence-corrected chi connectivity index (χ4v) is 2.52. The van der Waals surface area contributed by atoms with E-state index in [1.807, 2.05) is 11.0 Å². The Morgan fingerprint density at radius 3 is 2.95 bits per heavy atom. The Balaban J connectivity index is 1.79. The van der Waals surface area contributed by atoms with Gasteiger partial charge < -0.3 is 14.8 Å². The standard InChI is InChI=1S/C12H14BrN5O/c13-9-5-10-12(15-6-9)18(8-16-10)7-11(19)17-3-1-14-2-4-17/h5-6,8,14H,1-4,7H2. The van der Waals surface area contributed by atoms with Gasteiger partial charge in [0.25, 0.3) is 0 Å². The van der Waals surface area contributed by atoms with E-state index in [-0.39, 0.29) is 5.91 Å². The van der Waals surface area contributed by atoms with Gasteiger partial charge in [0.05, 0.1) is 6.33 Å². The number of imidazole rings is 1. The van der Waals surface area contributed by atoms with Crippen molar-refractivity contribution in [2.75, 3.05) is 26.2 Å². The van der Waals surface area contributed by atoms with Gasteiger partial charge in [0, 0.05) is 36.8 Å². The third-order valence-electron chi connectivity index (χ3n) is 3.20. The summed E-state index contributed by atoms with van der Waals surface area (Å²) in [4.78, 5) is 22.6. The van der Waals surface area contributed by atoms with E-state index in [0.717, 1.165) is 41.8 Å². The minimum atomic E-state index is 0.116. The summed E-state index contributed by atoms with van der Waals surface area (Å²) in [6.07, 6.45) is 3.39. The van der Waals surface area contributed by atoms with Crippen LogP contribution in [-0.2, 0) is 11.3 Å². The van der Waals surface area contributed by atoms with Crippen molar-refractivity contribution in [1.82, 2.24) is 24.8 Å². The van der Waals surface area contributed by atoms with E-state index < -0.39 is 0 Å². The van der Waals surface area contributed by atoms with Crippen molar-refractivity contribution in [2.45, 2.75) is 6.54 Å². The molecule has 1 N–H and O–H groups in total. The number of carbonyl (C=O) groups excluding carboxylic acids is 1. The molecule has 0 aliphatic carbocycles. The number of hydrogen-bond donors (Lipinski definition) is 1. The zero-order chi connectivity index (χ0) is 13.2. The average molecular weight is 324 g/mol. The Kier molecular flexibility index (Phi) is 3.48. The zero-order valence-electron chi connectivity index (χ0n) is 10.3. The Labute approximate surface area is 118 Å². The van der Waals surface area contributed by atoms with Crippen LogP contribution in [0.4, 0.5) is 0 Å². The minimum Gasteiger partial charge on any atom is -0.339 e. The summed E-state index contributed by atoms with van der Waals surface area (Å²) in [6.45, 7) is 3.56. The second kappa shape index (κ2) is 5.26. The average Bonchev–Trinajstić information content (AvgIpc) is 2.82. The molecule has 1 aliphatic heterocycles. The van der Waals surface area contributed by atoms with Crippen LogP contribution in [0.2, 0.25) is 0 Å². The van der Waals surface area contributed by atoms with Crippen LogP contribution in [-0.4, -0.2) is 51.5 Å². The number of nitrogens with zero attached hydrogens (tertiary/aromatic N) is 4. The molecule has 0 spiro atoms. The molecule has 19 heavy (non-hydrogen) atoms. The van der Waals surface area contributed by atoms with E-state index in [1.54, 1.807) is 17.1 Å². The Bertz CT molecular complexity index is 605. The van der Waals surface area contributed by atoms with Gasteiger partial charge in [-0.1, -0.05) is 0 Å². The quantitative estimate of drug-likeness (QED) is 0.880. The molecule has 3 rings (SSSR count). The molecule has 0 unspecified atom stereocenters. The number of hydrogen-bond acceptors (Lipinski definition) is 4. The van der Waals surface area contributed by atoms with Crippen molar-refractivity contribution in [3.05, 3.63) is 23.1 Å². The fraction of sp³-hybridized carbons (Fsp3) is 0.417. The van der Waals surface area contributed by atoms with E-state index >= 15 is 0 Å². The highest BCUT2D eigenvalue weighted by atomic mass is 79.9. The first-order chi connectivity index (χ1) is 9.24. The molecule has 0 bridgehead atoms. The van der Waals surface area contributed by atoms with E-state index in [9.17, 15) is 4.79 Å². The number of rotatable bonds is 2. The molecule has 3 heterocycles. The topological polar surface area (TPSA) is 63.1 Å². The highest BCUT2D eigenvalue weighted by molar-refractivity contribution is 9.10. The molecule has 0 saturated carbocycles. The molecular weight excluding hydrogens is 310 g/mol. The molecule has 6 nitrogen and oxygen atoms in total. The van der Waals surface area contributed by atoms with Crippen LogP contribution in [0.1, 0.15) is 0 Å². The summed E-state index contributed by atoms with van der Waals surface area (Å²) in [5, 5.41) is 3.23. The molecular formula is C12H14BrN5O. The lowest BCUT2D eigenvalue weighted by molar-refractivity contribution is -0.132. The van der Waals surface area contributed by atoms with Crippen LogP contribution < -0.4 is 5.32 Å². The number of piperazine rings is 1. The monoisotopic (exact) mass is 323 g/mol. The van der Waals surface area contributed by atoms with Crippen LogP contribution in [0.5, 0.6) is 0 Å². The number of nitrogens with one attached hydrogen (secondary N) is 1. The molecule has 100 valence electrons. The van der Waals surface area contributed by atoms with Gasteiger partial charge in [0.1, 0.15) is 12.1 Å². The van der Waals surface area contributed by atoms with Crippen LogP contribution in [0, 0.1) is 0 Å². The van der Waals surface area contributed by atoms with Gasteiger partial charge >= 0.3 is 0 Å². The van der Waals surface area contributed by atoms with Crippen LogP contribution in [0.25, 0.3) is 11.2 Å². The number of carbonyl (C=O) groups is 1. The lowest BCUT2D eigenvalue weighted by Gasteiger charge is -2.27. The van der Waals surface area contributed by atoms with Gasteiger partial charge in [0.15, 0.2) is 5.65 Å². The Morgan fingerprint density at radius 1 is 1.37 bits per heavy atom. The Hall–Kier alpha value is -1.47. The molecule has 0 aromatic carbocycles. The lowest BCUT2D eigenvalue weighted by atomic mass is 10.3. The van der Waals surface area contributed by atoms with Crippen molar-refractivity contribution in [3.63, 3.8) is 0 Å². The van der Waals surface area contributed by atoms with Gasteiger partial charge in [0.2, 0.25) is 5.91 Å². The maximum atomic E-state index is 12.2. The number of amides is 1. The maximum Gasteiger partial charge on any atom is 0.242 e. The highest BCUT2D eigenvalue weighted by Crippen LogP contribution is 2.15. The van der Waals surface area contributed by atoms with Crippen molar-refractivity contribution < 1.29 is 4.79 Å². The smallest absolute Gasteiger partial charge is 0.242 e. The van der Waals surface area contributed by atoms with Crippen molar-refractivity contribution in [1.29, 1.82) is 0 Å². The normalized spacial score (nSPS) is 15.9. The molecule has 1 aliphatic rings. The van der Waals surface area contributed by atoms with Crippen LogP contribution in [0.15, 0.2) is 23.1 Å². The second-order valence-electron chi connectivity index (χ2n) is 4.50. The van der Waals surface area contributed by atoms with Crippen LogP contribution >= 0.6 is 15.9 Å². The molecule has 7 heteroatoms. The van der Waals surface area contributed by atoms with Crippen molar-refractivity contribution in [3.8, 4) is 0 Å². The summed E-state index contributed by atoms with van der Waals surface area (Å²) >= 11 is 3.36. The summed E-state index contributed by atoms with van der Waals surface area (Å²) in [7, 11) is 0. The predicted molar refractivity (Wildman–Crippen MR) is 74.7 cm³/mol. The minimum absolute atomic E-state index is 0.116. The third-order valence-corrected chi connectivity index (χ3v) is 3.63. The first-order valence-corrected chi connectivity index (χ1v) is 6.98. The molecule has 1 fully saturated rings. The first kappa shape index (κ1) is 12.6.